The highest BCUT2D eigenvalue weighted by atomic mass is 35.5. The molecule has 1 heterocycles. The first-order valence-electron chi connectivity index (χ1n) is 10.4. The lowest BCUT2D eigenvalue weighted by atomic mass is 10.1. The van der Waals surface area contributed by atoms with E-state index in [4.69, 9.17) is 27.9 Å². The maximum atomic E-state index is 13.7. The molecular weight excluding hydrogens is 497 g/mol. The minimum atomic E-state index is -4.25. The van der Waals surface area contributed by atoms with E-state index in [1.807, 2.05) is 13.8 Å². The van der Waals surface area contributed by atoms with Crippen LogP contribution in [0.1, 0.15) is 24.1 Å². The smallest absolute Gasteiger partial charge is 0.295 e. The van der Waals surface area contributed by atoms with Gasteiger partial charge >= 0.3 is 0 Å². The van der Waals surface area contributed by atoms with Gasteiger partial charge in [-0.1, -0.05) is 53.0 Å². The predicted molar refractivity (Wildman–Crippen MR) is 132 cm³/mol. The van der Waals surface area contributed by atoms with Gasteiger partial charge in [0.05, 0.1) is 21.5 Å². The molecule has 176 valence electrons. The van der Waals surface area contributed by atoms with Gasteiger partial charge in [-0.3, -0.25) is 9.69 Å². The van der Waals surface area contributed by atoms with E-state index in [2.05, 4.69) is 0 Å². The molecule has 6 nitrogen and oxygen atoms in total. The van der Waals surface area contributed by atoms with Crippen LogP contribution in [0.2, 0.25) is 10.0 Å². The molecule has 1 aliphatic rings. The van der Waals surface area contributed by atoms with Gasteiger partial charge in [0.15, 0.2) is 5.76 Å². The Hall–Kier alpha value is -3.00. The van der Waals surface area contributed by atoms with Crippen molar-refractivity contribution in [3.63, 3.8) is 0 Å². The molecule has 3 aromatic carbocycles. The van der Waals surface area contributed by atoms with Gasteiger partial charge in [0.2, 0.25) is 9.84 Å². The molecule has 9 heteroatoms. The quantitative estimate of drug-likeness (QED) is 0.431. The Kier molecular flexibility index (Phi) is 6.62. The Bertz CT molecular complexity index is 1400. The molecule has 4 rings (SSSR count). The Morgan fingerprint density at radius 1 is 1.00 bits per heavy atom. The van der Waals surface area contributed by atoms with Gasteiger partial charge in [-0.2, -0.15) is 0 Å². The Labute approximate surface area is 207 Å². The number of anilines is 1. The zero-order valence-electron chi connectivity index (χ0n) is 18.3. The number of benzene rings is 3. The first-order chi connectivity index (χ1) is 16.1. The number of aliphatic hydroxyl groups excluding tert-OH is 1. The van der Waals surface area contributed by atoms with E-state index in [0.717, 1.165) is 5.56 Å². The van der Waals surface area contributed by atoms with E-state index < -0.39 is 32.5 Å². The molecular formula is C25H21Cl2NO5S. The van der Waals surface area contributed by atoms with Crippen molar-refractivity contribution >= 4 is 44.6 Å². The van der Waals surface area contributed by atoms with Crippen molar-refractivity contribution < 1.29 is 23.1 Å². The SMILES string of the molecule is CCOc1cccc(C2C(S(=O)(=O)c3ccc(C)cc3)=C(O)C(=O)N2c2ccc(Cl)c(Cl)c2)c1. The van der Waals surface area contributed by atoms with Crippen LogP contribution in [0.15, 0.2) is 82.3 Å². The second kappa shape index (κ2) is 9.33. The number of ether oxygens (including phenoxy) is 1. The Morgan fingerprint density at radius 3 is 2.35 bits per heavy atom. The van der Waals surface area contributed by atoms with Crippen LogP contribution in [0.25, 0.3) is 0 Å². The molecule has 0 radical (unpaired) electrons. The number of amides is 1. The number of sulfone groups is 1. The summed E-state index contributed by atoms with van der Waals surface area (Å²) in [6.07, 6.45) is 0. The summed E-state index contributed by atoms with van der Waals surface area (Å²) in [5.41, 5.74) is 1.60. The van der Waals surface area contributed by atoms with Crippen molar-refractivity contribution in [1.29, 1.82) is 0 Å². The summed E-state index contributed by atoms with van der Waals surface area (Å²) in [4.78, 5) is 14.0. The lowest BCUT2D eigenvalue weighted by molar-refractivity contribution is -0.117. The zero-order chi connectivity index (χ0) is 24.6. The van der Waals surface area contributed by atoms with E-state index in [9.17, 15) is 18.3 Å². The van der Waals surface area contributed by atoms with Gasteiger partial charge in [0, 0.05) is 5.69 Å². The van der Waals surface area contributed by atoms with Gasteiger partial charge in [-0.25, -0.2) is 8.42 Å². The van der Waals surface area contributed by atoms with E-state index in [1.165, 1.54) is 29.2 Å². The van der Waals surface area contributed by atoms with Crippen molar-refractivity contribution in [1.82, 2.24) is 0 Å². The topological polar surface area (TPSA) is 83.9 Å². The van der Waals surface area contributed by atoms with Crippen LogP contribution in [0.4, 0.5) is 5.69 Å². The number of hydrogen-bond acceptors (Lipinski definition) is 5. The molecule has 1 atom stereocenters. The maximum absolute atomic E-state index is 13.7. The molecule has 1 aliphatic heterocycles. The number of aliphatic hydroxyl groups is 1. The molecule has 0 bridgehead atoms. The van der Waals surface area contributed by atoms with Crippen molar-refractivity contribution in [2.75, 3.05) is 11.5 Å². The van der Waals surface area contributed by atoms with Crippen LogP contribution in [-0.4, -0.2) is 26.0 Å². The fourth-order valence-corrected chi connectivity index (χ4v) is 5.76. The molecule has 0 saturated carbocycles. The standard InChI is InChI=1S/C25H21Cl2NO5S/c1-3-33-18-6-4-5-16(13-18)22-24(34(31,32)19-10-7-15(2)8-11-19)23(29)25(30)28(22)17-9-12-20(26)21(27)14-17/h4-14,22,29H,3H2,1-2H3. The highest BCUT2D eigenvalue weighted by Gasteiger charge is 2.47. The summed E-state index contributed by atoms with van der Waals surface area (Å²) in [5, 5.41) is 11.3. The Morgan fingerprint density at radius 2 is 1.71 bits per heavy atom. The van der Waals surface area contributed by atoms with E-state index in [-0.39, 0.29) is 20.6 Å². The van der Waals surface area contributed by atoms with Crippen LogP contribution in [0.3, 0.4) is 0 Å². The molecule has 0 aliphatic carbocycles. The van der Waals surface area contributed by atoms with Crippen LogP contribution < -0.4 is 9.64 Å². The lowest BCUT2D eigenvalue weighted by Gasteiger charge is -2.27. The number of nitrogens with zero attached hydrogens (tertiary/aromatic N) is 1. The fourth-order valence-electron chi connectivity index (χ4n) is 3.84. The van der Waals surface area contributed by atoms with Gasteiger partial charge in [0.25, 0.3) is 5.91 Å². The number of aryl methyl sites for hydroxylation is 1. The molecule has 0 spiro atoms. The summed E-state index contributed by atoms with van der Waals surface area (Å²) >= 11 is 12.2. The third-order valence-electron chi connectivity index (χ3n) is 5.45. The normalized spacial score (nSPS) is 16.3. The van der Waals surface area contributed by atoms with E-state index in [0.29, 0.717) is 17.9 Å². The minimum absolute atomic E-state index is 0.0330. The van der Waals surface area contributed by atoms with Gasteiger partial charge < -0.3 is 9.84 Å². The summed E-state index contributed by atoms with van der Waals surface area (Å²) in [7, 11) is -4.25. The first kappa shape index (κ1) is 24.1. The fraction of sp³-hybridized carbons (Fsp3) is 0.160. The third kappa shape index (κ3) is 4.27. The highest BCUT2D eigenvalue weighted by Crippen LogP contribution is 2.46. The molecule has 0 fully saturated rings. The zero-order valence-corrected chi connectivity index (χ0v) is 20.7. The summed E-state index contributed by atoms with van der Waals surface area (Å²) < 4.78 is 33.0. The number of hydrogen-bond donors (Lipinski definition) is 1. The van der Waals surface area contributed by atoms with Crippen molar-refractivity contribution in [3.8, 4) is 5.75 Å². The number of rotatable bonds is 6. The van der Waals surface area contributed by atoms with Crippen molar-refractivity contribution in [2.45, 2.75) is 24.8 Å². The van der Waals surface area contributed by atoms with Gasteiger partial charge in [-0.15, -0.1) is 0 Å². The number of carbonyl (C=O) groups excluding carboxylic acids is 1. The van der Waals surface area contributed by atoms with Crippen LogP contribution in [0, 0.1) is 6.92 Å². The average molecular weight is 518 g/mol. The van der Waals surface area contributed by atoms with Crippen molar-refractivity contribution in [3.05, 3.63) is 98.6 Å². The highest BCUT2D eigenvalue weighted by molar-refractivity contribution is 7.95. The minimum Gasteiger partial charge on any atom is -0.502 e. The molecule has 0 aromatic heterocycles. The molecule has 1 N–H and O–H groups in total. The summed E-state index contributed by atoms with van der Waals surface area (Å²) in [6, 6.07) is 16.3. The second-order valence-corrected chi connectivity index (χ2v) is 10.4. The largest absolute Gasteiger partial charge is 0.502 e. The number of carbonyl (C=O) groups is 1. The van der Waals surface area contributed by atoms with E-state index in [1.54, 1.807) is 42.5 Å². The molecule has 3 aromatic rings. The average Bonchev–Trinajstić information content (AvgIpc) is 3.08. The third-order valence-corrected chi connectivity index (χ3v) is 8.08. The van der Waals surface area contributed by atoms with Crippen molar-refractivity contribution in [2.24, 2.45) is 0 Å². The summed E-state index contributed by atoms with van der Waals surface area (Å²) in [6.45, 7) is 4.06. The Balaban J connectivity index is 1.95. The first-order valence-corrected chi connectivity index (χ1v) is 12.6. The molecule has 1 amide bonds. The van der Waals surface area contributed by atoms with Gasteiger partial charge in [-0.05, 0) is 61.9 Å². The molecule has 1 unspecified atom stereocenters. The summed E-state index contributed by atoms with van der Waals surface area (Å²) in [5.74, 6) is -1.21. The monoisotopic (exact) mass is 517 g/mol. The van der Waals surface area contributed by atoms with E-state index >= 15 is 0 Å². The number of halogens is 2. The van der Waals surface area contributed by atoms with Crippen LogP contribution in [0.5, 0.6) is 5.75 Å². The molecule has 0 saturated heterocycles. The lowest BCUT2D eigenvalue weighted by Crippen LogP contribution is -2.31. The predicted octanol–water partition coefficient (Wildman–Crippen LogP) is 6.03. The van der Waals surface area contributed by atoms with Crippen LogP contribution >= 0.6 is 23.2 Å². The van der Waals surface area contributed by atoms with Gasteiger partial charge in [0.1, 0.15) is 16.7 Å². The van der Waals surface area contributed by atoms with Crippen LogP contribution in [-0.2, 0) is 14.6 Å². The molecule has 34 heavy (non-hydrogen) atoms. The maximum Gasteiger partial charge on any atom is 0.295 e. The second-order valence-electron chi connectivity index (χ2n) is 7.71.